The number of para-hydroxylation sites is 6. The van der Waals surface area contributed by atoms with Crippen LogP contribution in [0.15, 0.2) is 403 Å². The molecule has 27 aromatic rings. The maximum absolute atomic E-state index is 7.27. The molecule has 0 fully saturated rings. The molecule has 554 valence electrons. The van der Waals surface area contributed by atoms with E-state index in [1.54, 1.807) is 0 Å². The zero-order valence-electron chi connectivity index (χ0n) is 64.2. The van der Waals surface area contributed by atoms with Crippen molar-refractivity contribution in [2.45, 2.75) is 0 Å². The molecular formula is C114H62O6. The van der Waals surface area contributed by atoms with E-state index < -0.39 is 0 Å². The first-order chi connectivity index (χ1) is 59.5. The molecule has 6 aromatic heterocycles. The highest BCUT2D eigenvalue weighted by molar-refractivity contribution is 6.31. The van der Waals surface area contributed by atoms with Gasteiger partial charge in [0, 0.05) is 86.9 Å². The van der Waals surface area contributed by atoms with Crippen LogP contribution < -0.4 is 0 Å². The van der Waals surface area contributed by atoms with Crippen LogP contribution in [0.5, 0.6) is 0 Å². The first-order valence-corrected chi connectivity index (χ1v) is 41.0. The van der Waals surface area contributed by atoms with Crippen molar-refractivity contribution < 1.29 is 26.5 Å². The highest BCUT2D eigenvalue weighted by Gasteiger charge is 2.29. The zero-order valence-corrected chi connectivity index (χ0v) is 64.2. The Balaban J connectivity index is 0.593. The van der Waals surface area contributed by atoms with Crippen LogP contribution in [0.1, 0.15) is 0 Å². The van der Waals surface area contributed by atoms with Crippen LogP contribution in [-0.2, 0) is 0 Å². The lowest BCUT2D eigenvalue weighted by Crippen LogP contribution is -1.92. The van der Waals surface area contributed by atoms with Crippen molar-refractivity contribution in [2.75, 3.05) is 0 Å². The minimum absolute atomic E-state index is 0.797. The Kier molecular flexibility index (Phi) is 13.5. The van der Waals surface area contributed by atoms with E-state index in [4.69, 9.17) is 26.5 Å². The van der Waals surface area contributed by atoms with E-state index in [0.717, 1.165) is 247 Å². The Labute approximate surface area is 683 Å². The molecule has 120 heavy (non-hydrogen) atoms. The highest BCUT2D eigenvalue weighted by Crippen LogP contribution is 2.55. The monoisotopic (exact) mass is 1530 g/mol. The van der Waals surface area contributed by atoms with Gasteiger partial charge in [0.15, 0.2) is 0 Å². The van der Waals surface area contributed by atoms with E-state index in [1.807, 2.05) is 18.2 Å². The number of fused-ring (bicyclic) bond motifs is 24. The van der Waals surface area contributed by atoms with Crippen molar-refractivity contribution in [3.63, 3.8) is 0 Å². The molecule has 0 amide bonds. The standard InChI is InChI=1S/C114H62O6/c1-3-27-74-72(25-1)104(64-50-54-98-90(58-64)71-24-14-16-45-95(71)115-98)73-26-2-4-28-75(73)105(74)65-52-56-101-91(59-65)85-41-19-39-69(112(85)119-101)67-61-94(110-86-37-15-18-47-97(86)117-103(110)62-67)109-82-35-11-9-33-80(82)107(81-34-10-12-36-83(81)109)87-42-22-48-102-111(87)89-44-20-38-68(113(89)120-102)63-49-53-99-92(57-63)93-60-66(51-55-100(93)116-99)106-76-29-5-7-31-78(76)108(79-32-8-6-30-77(79)106)88-43-21-40-84-70-23-13-17-46-96(70)118-114(84)88/h1-62H. The van der Waals surface area contributed by atoms with Crippen molar-refractivity contribution >= 4 is 196 Å². The van der Waals surface area contributed by atoms with Gasteiger partial charge in [-0.05, 0) is 216 Å². The van der Waals surface area contributed by atoms with Gasteiger partial charge in [0.25, 0.3) is 0 Å². The minimum Gasteiger partial charge on any atom is -0.456 e. The van der Waals surface area contributed by atoms with E-state index >= 15 is 0 Å². The van der Waals surface area contributed by atoms with Crippen LogP contribution in [-0.4, -0.2) is 0 Å². The summed E-state index contributed by atoms with van der Waals surface area (Å²) in [6.07, 6.45) is 0. The SMILES string of the molecule is c1ccc2c(c1)oc1ccc(-c3c4ccccc4c(-c4ccc5oc6c(-c7cc(-c8c9ccccc9c(-c9cccc%10oc%11c(-c%12ccc%13oc%14ccc(-c%15c%16ccccc%16c(-c%16cccc%17c%16oc%16ccccc%16%17)c%16ccccc%15%16)cc%14c%13c%12)cccc%11c9%10)c9ccccc89)c8c(c7)oc7ccccc78)cccc6c5c4)c4ccccc34)cc12. The van der Waals surface area contributed by atoms with Gasteiger partial charge in [-0.2, -0.15) is 0 Å². The number of benzene rings is 21. The second kappa shape index (κ2) is 24.8. The fourth-order valence-corrected chi connectivity index (χ4v) is 20.8. The van der Waals surface area contributed by atoms with E-state index in [2.05, 4.69) is 358 Å². The third-order valence-electron chi connectivity index (χ3n) is 25.8. The molecule has 27 rings (SSSR count). The predicted octanol–water partition coefficient (Wildman–Crippen LogP) is 33.3. The summed E-state index contributed by atoms with van der Waals surface area (Å²) in [5.41, 5.74) is 27.7. The molecule has 6 heteroatoms. The van der Waals surface area contributed by atoms with Gasteiger partial charge >= 0.3 is 0 Å². The molecule has 0 aliphatic rings. The fraction of sp³-hybridized carbons (Fsp3) is 0. The van der Waals surface area contributed by atoms with E-state index in [9.17, 15) is 0 Å². The van der Waals surface area contributed by atoms with Crippen LogP contribution in [0.4, 0.5) is 0 Å². The summed E-state index contributed by atoms with van der Waals surface area (Å²) in [5.74, 6) is 0. The van der Waals surface area contributed by atoms with Crippen LogP contribution in [0.3, 0.4) is 0 Å². The average Bonchev–Trinajstić information content (AvgIpc) is 1.49. The van der Waals surface area contributed by atoms with Crippen molar-refractivity contribution in [3.05, 3.63) is 376 Å². The molecular weight excluding hydrogens is 1470 g/mol. The second-order valence-electron chi connectivity index (χ2n) is 32.1. The molecule has 21 aromatic carbocycles. The fourth-order valence-electron chi connectivity index (χ4n) is 20.8. The third kappa shape index (κ3) is 9.27. The van der Waals surface area contributed by atoms with Gasteiger partial charge in [0.05, 0.1) is 0 Å². The molecule has 0 radical (unpaired) electrons. The number of rotatable bonds is 8. The molecule has 0 aliphatic carbocycles. The Morgan fingerprint density at radius 1 is 0.117 bits per heavy atom. The average molecular weight is 1530 g/mol. The highest BCUT2D eigenvalue weighted by atomic mass is 16.3. The summed E-state index contributed by atoms with van der Waals surface area (Å²) >= 11 is 0. The second-order valence-corrected chi connectivity index (χ2v) is 32.1. The molecule has 0 unspecified atom stereocenters. The molecule has 6 heterocycles. The topological polar surface area (TPSA) is 78.8 Å². The van der Waals surface area contributed by atoms with Gasteiger partial charge in [-0.25, -0.2) is 0 Å². The van der Waals surface area contributed by atoms with E-state index in [0.29, 0.717) is 0 Å². The first-order valence-electron chi connectivity index (χ1n) is 41.0. The van der Waals surface area contributed by atoms with Gasteiger partial charge in [-0.15, -0.1) is 0 Å². The van der Waals surface area contributed by atoms with Crippen LogP contribution in [0.2, 0.25) is 0 Å². The number of furan rings is 6. The van der Waals surface area contributed by atoms with Crippen molar-refractivity contribution in [2.24, 2.45) is 0 Å². The Morgan fingerprint density at radius 2 is 0.383 bits per heavy atom. The summed E-state index contributed by atoms with van der Waals surface area (Å²) in [6, 6.07) is 136. The smallest absolute Gasteiger partial charge is 0.143 e. The lowest BCUT2D eigenvalue weighted by Gasteiger charge is -2.19. The summed E-state index contributed by atoms with van der Waals surface area (Å²) < 4.78 is 41.3. The van der Waals surface area contributed by atoms with E-state index in [1.165, 1.54) is 38.2 Å². The number of hydrogen-bond acceptors (Lipinski definition) is 6. The zero-order chi connectivity index (χ0) is 78.1. The Bertz CT molecular complexity index is 9030. The molecule has 6 nitrogen and oxygen atoms in total. The normalized spacial score (nSPS) is 12.3. The van der Waals surface area contributed by atoms with Gasteiger partial charge in [-0.3, -0.25) is 0 Å². The third-order valence-corrected chi connectivity index (χ3v) is 25.8. The Morgan fingerprint density at radius 3 is 0.883 bits per heavy atom. The summed E-state index contributed by atoms with van der Waals surface area (Å²) in [6.45, 7) is 0. The minimum atomic E-state index is 0.797. The maximum Gasteiger partial charge on any atom is 0.143 e. The van der Waals surface area contributed by atoms with Crippen molar-refractivity contribution in [1.29, 1.82) is 0 Å². The molecule has 0 atom stereocenters. The summed E-state index contributed by atoms with van der Waals surface area (Å²) in [7, 11) is 0. The van der Waals surface area contributed by atoms with Gasteiger partial charge in [0.1, 0.15) is 67.0 Å². The van der Waals surface area contributed by atoms with Gasteiger partial charge in [-0.1, -0.05) is 291 Å². The van der Waals surface area contributed by atoms with Crippen molar-refractivity contribution in [1.82, 2.24) is 0 Å². The molecule has 0 saturated heterocycles. The largest absolute Gasteiger partial charge is 0.456 e. The molecule has 0 saturated carbocycles. The van der Waals surface area contributed by atoms with E-state index in [-0.39, 0.29) is 0 Å². The van der Waals surface area contributed by atoms with Crippen LogP contribution >= 0.6 is 0 Å². The van der Waals surface area contributed by atoms with Gasteiger partial charge < -0.3 is 26.5 Å². The Hall–Kier alpha value is -16.0. The molecule has 0 aliphatic heterocycles. The molecule has 0 N–H and O–H groups in total. The van der Waals surface area contributed by atoms with Crippen LogP contribution in [0.25, 0.3) is 285 Å². The summed E-state index contributed by atoms with van der Waals surface area (Å²) in [4.78, 5) is 0. The summed E-state index contributed by atoms with van der Waals surface area (Å²) in [5, 5.41) is 26.7. The molecule has 0 bridgehead atoms. The number of hydrogen-bond donors (Lipinski definition) is 0. The van der Waals surface area contributed by atoms with Crippen molar-refractivity contribution in [3.8, 4) is 89.0 Å². The van der Waals surface area contributed by atoms with Crippen LogP contribution in [0, 0.1) is 0 Å². The predicted molar refractivity (Wildman–Crippen MR) is 499 cm³/mol. The quantitative estimate of drug-likeness (QED) is 0.141. The lowest BCUT2D eigenvalue weighted by molar-refractivity contribution is 0.668. The lowest BCUT2D eigenvalue weighted by atomic mass is 9.83. The first kappa shape index (κ1) is 65.3. The van der Waals surface area contributed by atoms with Gasteiger partial charge in [0.2, 0.25) is 0 Å². The molecule has 0 spiro atoms. The maximum atomic E-state index is 7.27.